The molecule has 0 fully saturated rings. The topological polar surface area (TPSA) is 94.1 Å². The first-order valence-electron chi connectivity index (χ1n) is 9.31. The number of hydrogen-bond donors (Lipinski definition) is 3. The summed E-state index contributed by atoms with van der Waals surface area (Å²) in [5.41, 5.74) is 3.34. The number of hydrogen-bond acceptors (Lipinski definition) is 5. The van der Waals surface area contributed by atoms with Gasteiger partial charge in [0.15, 0.2) is 5.65 Å². The molecule has 3 aromatic rings. The number of likely N-dealkylation sites (N-methyl/N-ethyl adjacent to an activating group) is 1. The lowest BCUT2D eigenvalue weighted by Gasteiger charge is -2.24. The van der Waals surface area contributed by atoms with Gasteiger partial charge in [0.05, 0.1) is 16.6 Å². The van der Waals surface area contributed by atoms with Gasteiger partial charge in [-0.15, -0.1) is 0 Å². The van der Waals surface area contributed by atoms with Gasteiger partial charge >= 0.3 is 0 Å². The highest BCUT2D eigenvalue weighted by Crippen LogP contribution is 2.27. The zero-order chi connectivity index (χ0) is 20.5. The van der Waals surface area contributed by atoms with Crippen LogP contribution in [0.5, 0.6) is 5.75 Å². The highest BCUT2D eigenvalue weighted by Gasteiger charge is 2.21. The van der Waals surface area contributed by atoms with E-state index in [2.05, 4.69) is 41.3 Å². The van der Waals surface area contributed by atoms with Crippen molar-refractivity contribution in [2.75, 3.05) is 20.1 Å². The molecule has 0 aliphatic rings. The lowest BCUT2D eigenvalue weighted by Crippen LogP contribution is -2.42. The van der Waals surface area contributed by atoms with E-state index in [-0.39, 0.29) is 17.2 Å². The summed E-state index contributed by atoms with van der Waals surface area (Å²) >= 11 is 0. The number of fused-ring (bicyclic) bond motifs is 1. The van der Waals surface area contributed by atoms with Gasteiger partial charge in [-0.25, -0.2) is 4.98 Å². The van der Waals surface area contributed by atoms with Gasteiger partial charge in [0, 0.05) is 36.9 Å². The van der Waals surface area contributed by atoms with E-state index in [1.54, 1.807) is 42.3 Å². The Labute approximate surface area is 164 Å². The zero-order valence-corrected chi connectivity index (χ0v) is 17.0. The van der Waals surface area contributed by atoms with E-state index in [1.807, 2.05) is 6.92 Å². The van der Waals surface area contributed by atoms with Crippen LogP contribution in [0.25, 0.3) is 22.3 Å². The van der Waals surface area contributed by atoms with Crippen molar-refractivity contribution in [3.8, 4) is 17.0 Å². The number of pyridine rings is 1. The molecule has 2 heterocycles. The highest BCUT2D eigenvalue weighted by molar-refractivity contribution is 6.07. The molecule has 0 radical (unpaired) electrons. The molecule has 148 valence electrons. The number of phenols is 1. The molecule has 0 spiro atoms. The minimum Gasteiger partial charge on any atom is -0.508 e. The van der Waals surface area contributed by atoms with Crippen molar-refractivity contribution < 1.29 is 9.90 Å². The molecule has 0 aliphatic heterocycles. The van der Waals surface area contributed by atoms with Gasteiger partial charge in [-0.2, -0.15) is 5.10 Å². The average molecular weight is 381 g/mol. The maximum Gasteiger partial charge on any atom is 0.254 e. The molecule has 0 aliphatic carbocycles. The van der Waals surface area contributed by atoms with Crippen molar-refractivity contribution in [2.24, 2.45) is 0 Å². The van der Waals surface area contributed by atoms with E-state index in [4.69, 9.17) is 0 Å². The summed E-state index contributed by atoms with van der Waals surface area (Å²) in [6.07, 6.45) is 0. The van der Waals surface area contributed by atoms with Crippen LogP contribution < -0.4 is 5.32 Å². The van der Waals surface area contributed by atoms with E-state index >= 15 is 0 Å². The van der Waals surface area contributed by atoms with Crippen molar-refractivity contribution in [1.82, 2.24) is 25.4 Å². The fourth-order valence-electron chi connectivity index (χ4n) is 3.03. The van der Waals surface area contributed by atoms with Crippen molar-refractivity contribution in [1.29, 1.82) is 0 Å². The lowest BCUT2D eigenvalue weighted by molar-refractivity contribution is 0.0795. The summed E-state index contributed by atoms with van der Waals surface area (Å²) in [5.74, 6) is 0.107. The molecule has 0 saturated heterocycles. The van der Waals surface area contributed by atoms with Crippen LogP contribution in [0.3, 0.4) is 0 Å². The van der Waals surface area contributed by atoms with Crippen LogP contribution in [0.4, 0.5) is 0 Å². The van der Waals surface area contributed by atoms with E-state index < -0.39 is 0 Å². The number of H-pyrrole nitrogens is 1. The predicted molar refractivity (Wildman–Crippen MR) is 110 cm³/mol. The fraction of sp³-hybridized carbons (Fsp3) is 0.381. The summed E-state index contributed by atoms with van der Waals surface area (Å²) in [6, 6.07) is 8.54. The second-order valence-corrected chi connectivity index (χ2v) is 8.05. The second-order valence-electron chi connectivity index (χ2n) is 8.05. The number of nitrogens with one attached hydrogen (secondary N) is 2. The molecule has 1 amide bonds. The molecule has 28 heavy (non-hydrogen) atoms. The maximum absolute atomic E-state index is 13.2. The van der Waals surface area contributed by atoms with Crippen LogP contribution in [0.15, 0.2) is 30.3 Å². The Morgan fingerprint density at radius 2 is 1.93 bits per heavy atom. The van der Waals surface area contributed by atoms with Gasteiger partial charge in [-0.3, -0.25) is 9.89 Å². The van der Waals surface area contributed by atoms with Gasteiger partial charge in [-0.1, -0.05) is 0 Å². The van der Waals surface area contributed by atoms with Crippen LogP contribution in [0.2, 0.25) is 0 Å². The number of carbonyl (C=O) groups is 1. The number of benzene rings is 1. The minimum absolute atomic E-state index is 0.000998. The Hall–Kier alpha value is -2.93. The number of rotatable bonds is 5. The summed E-state index contributed by atoms with van der Waals surface area (Å²) in [4.78, 5) is 19.5. The monoisotopic (exact) mass is 381 g/mol. The molecular formula is C21H27N5O2. The van der Waals surface area contributed by atoms with Gasteiger partial charge in [0.25, 0.3) is 5.91 Å². The Balaban J connectivity index is 1.95. The fourth-order valence-corrected chi connectivity index (χ4v) is 3.03. The van der Waals surface area contributed by atoms with Crippen LogP contribution >= 0.6 is 0 Å². The van der Waals surface area contributed by atoms with Crippen LogP contribution in [-0.4, -0.2) is 56.8 Å². The van der Waals surface area contributed by atoms with E-state index in [0.717, 1.165) is 16.6 Å². The summed E-state index contributed by atoms with van der Waals surface area (Å²) in [7, 11) is 1.80. The molecule has 0 saturated carbocycles. The van der Waals surface area contributed by atoms with E-state index in [0.29, 0.717) is 30.0 Å². The first-order chi connectivity index (χ1) is 13.2. The summed E-state index contributed by atoms with van der Waals surface area (Å²) < 4.78 is 0. The molecule has 0 atom stereocenters. The largest absolute Gasteiger partial charge is 0.508 e. The summed E-state index contributed by atoms with van der Waals surface area (Å²) in [6.45, 7) is 9.47. The smallest absolute Gasteiger partial charge is 0.254 e. The molecule has 7 heteroatoms. The first kappa shape index (κ1) is 19.8. The Kier molecular flexibility index (Phi) is 5.38. The van der Waals surface area contributed by atoms with Gasteiger partial charge in [0.2, 0.25) is 0 Å². The average Bonchev–Trinajstić information content (AvgIpc) is 3.01. The molecule has 1 aromatic carbocycles. The van der Waals surface area contributed by atoms with Gasteiger partial charge < -0.3 is 15.3 Å². The third-order valence-corrected chi connectivity index (χ3v) is 4.55. The molecule has 7 nitrogen and oxygen atoms in total. The van der Waals surface area contributed by atoms with Crippen molar-refractivity contribution >= 4 is 16.9 Å². The third-order valence-electron chi connectivity index (χ3n) is 4.55. The Morgan fingerprint density at radius 1 is 1.25 bits per heavy atom. The number of amides is 1. The minimum atomic E-state index is -0.0763. The van der Waals surface area contributed by atoms with Gasteiger partial charge in [0.1, 0.15) is 5.75 Å². The number of aromatic hydroxyl groups is 1. The third kappa shape index (κ3) is 4.31. The highest BCUT2D eigenvalue weighted by atomic mass is 16.3. The summed E-state index contributed by atoms with van der Waals surface area (Å²) in [5, 5.41) is 20.8. The lowest BCUT2D eigenvalue weighted by atomic mass is 10.0. The number of carbonyl (C=O) groups excluding carboxylic acids is 1. The maximum atomic E-state index is 13.2. The standard InChI is InChI=1S/C21H27N5O2/c1-13-18-16(20(28)26(5)11-10-22-21(2,3)4)12-17(23-19(18)25-24-13)14-6-8-15(27)9-7-14/h6-9,12,22,27H,10-11H2,1-5H3,(H,23,24,25). The Morgan fingerprint density at radius 3 is 2.57 bits per heavy atom. The van der Waals surface area contributed by atoms with E-state index in [1.165, 1.54) is 0 Å². The second kappa shape index (κ2) is 7.59. The molecule has 0 bridgehead atoms. The zero-order valence-electron chi connectivity index (χ0n) is 17.0. The van der Waals surface area contributed by atoms with E-state index in [9.17, 15) is 9.90 Å². The van der Waals surface area contributed by atoms with Crippen LogP contribution in [0.1, 0.15) is 36.8 Å². The quantitative estimate of drug-likeness (QED) is 0.631. The predicted octanol–water partition coefficient (Wildman–Crippen LogP) is 3.10. The normalized spacial score (nSPS) is 11.8. The number of aromatic amines is 1. The van der Waals surface area contributed by atoms with Crippen LogP contribution in [0, 0.1) is 6.92 Å². The Bertz CT molecular complexity index is 986. The SMILES string of the molecule is Cc1[nH]nc2nc(-c3ccc(O)cc3)cc(C(=O)N(C)CCNC(C)(C)C)c12. The number of nitrogens with zero attached hydrogens (tertiary/aromatic N) is 3. The molecule has 3 rings (SSSR count). The molecular weight excluding hydrogens is 354 g/mol. The number of phenolic OH excluding ortho intramolecular Hbond substituents is 1. The van der Waals surface area contributed by atoms with Crippen LogP contribution in [-0.2, 0) is 0 Å². The van der Waals surface area contributed by atoms with Crippen molar-refractivity contribution in [2.45, 2.75) is 33.2 Å². The first-order valence-corrected chi connectivity index (χ1v) is 9.31. The van der Waals surface area contributed by atoms with Crippen molar-refractivity contribution in [3.63, 3.8) is 0 Å². The number of aryl methyl sites for hydroxylation is 1. The van der Waals surface area contributed by atoms with Crippen molar-refractivity contribution in [3.05, 3.63) is 41.6 Å². The molecule has 3 N–H and O–H groups in total. The van der Waals surface area contributed by atoms with Gasteiger partial charge in [-0.05, 0) is 58.0 Å². The molecule has 2 aromatic heterocycles. The number of aromatic nitrogens is 3. The molecule has 0 unspecified atom stereocenters.